The number of nitrogens with one attached hydrogen (secondary N) is 1. The normalized spacial score (nSPS) is 19.6. The van der Waals surface area contributed by atoms with Gasteiger partial charge >= 0.3 is 18.3 Å². The van der Waals surface area contributed by atoms with Crippen LogP contribution in [0.25, 0.3) is 0 Å². The van der Waals surface area contributed by atoms with Crippen LogP contribution >= 0.6 is 0 Å². The minimum Gasteiger partial charge on any atom is -0.266 e. The quantitative estimate of drug-likeness (QED) is 0.353. The van der Waals surface area contributed by atoms with Gasteiger partial charge in [0.15, 0.2) is 0 Å². The largest absolute Gasteiger partial charge is 0.361 e. The zero-order chi connectivity index (χ0) is 7.56. The summed E-state index contributed by atoms with van der Waals surface area (Å²) < 4.78 is 0. The summed E-state index contributed by atoms with van der Waals surface area (Å²) in [6.45, 7) is 0.0937. The van der Waals surface area contributed by atoms with Gasteiger partial charge in [0.1, 0.15) is 0 Å². The molecule has 0 aromatic rings. The van der Waals surface area contributed by atoms with Crippen LogP contribution in [0.4, 0.5) is 0 Å². The number of carbonyl (C=O) groups is 3. The maximum absolute atomic E-state index is 10.6. The number of rotatable bonds is 2. The van der Waals surface area contributed by atoms with Crippen LogP contribution < -0.4 is 5.06 Å². The van der Waals surface area contributed by atoms with Crippen molar-refractivity contribution >= 4 is 18.3 Å². The lowest BCUT2D eigenvalue weighted by molar-refractivity contribution is -0.932. The first-order valence-electron chi connectivity index (χ1n) is 2.79. The molecule has 0 aromatic heterocycles. The molecule has 0 atom stereocenters. The first-order chi connectivity index (χ1) is 4.75. The monoisotopic (exact) mass is 144 g/mol. The average Bonchev–Trinajstić information content (AvgIpc) is 2.20. The number of hydrogen-bond acceptors (Lipinski definition) is 4. The van der Waals surface area contributed by atoms with E-state index in [2.05, 4.69) is 4.84 Å². The molecule has 1 rings (SSSR count). The highest BCUT2D eigenvalue weighted by Crippen LogP contribution is 1.91. The van der Waals surface area contributed by atoms with Gasteiger partial charge in [0.25, 0.3) is 0 Å². The summed E-state index contributed by atoms with van der Waals surface area (Å²) in [5.41, 5.74) is 0. The minimum atomic E-state index is -0.378. The maximum atomic E-state index is 10.6. The van der Waals surface area contributed by atoms with E-state index in [0.717, 1.165) is 0 Å². The first-order valence-corrected chi connectivity index (χ1v) is 2.79. The van der Waals surface area contributed by atoms with Crippen molar-refractivity contribution < 1.29 is 24.3 Å². The second kappa shape index (κ2) is 2.57. The number of quaternary nitrogens is 1. The summed E-state index contributed by atoms with van der Waals surface area (Å²) in [5.74, 6) is -0.755. The molecule has 0 unspecified atom stereocenters. The molecule has 1 fully saturated rings. The smallest absolute Gasteiger partial charge is 0.266 e. The van der Waals surface area contributed by atoms with Crippen LogP contribution in [0.15, 0.2) is 0 Å². The summed E-state index contributed by atoms with van der Waals surface area (Å²) in [7, 11) is 0. The molecule has 1 heterocycles. The summed E-state index contributed by atoms with van der Waals surface area (Å²) in [6.07, 6.45) is 0.337. The Labute approximate surface area is 56.5 Å². The Bertz CT molecular complexity index is 172. The van der Waals surface area contributed by atoms with Gasteiger partial charge in [-0.3, -0.25) is 4.84 Å². The standard InChI is InChI=1S/C5H5NO4/c7-3-10-6-4(8)1-2-5(6)9/h3H,1-2H2/p+1. The molecule has 54 valence electrons. The van der Waals surface area contributed by atoms with Gasteiger partial charge in [0.2, 0.25) is 0 Å². The number of hydroxylamine groups is 2. The average molecular weight is 144 g/mol. The zero-order valence-corrected chi connectivity index (χ0v) is 5.12. The Hall–Kier alpha value is -1.23. The van der Waals surface area contributed by atoms with Gasteiger partial charge in [0.05, 0.1) is 12.8 Å². The third kappa shape index (κ3) is 1.03. The first kappa shape index (κ1) is 6.88. The second-order valence-corrected chi connectivity index (χ2v) is 1.89. The van der Waals surface area contributed by atoms with Crippen LogP contribution in [-0.4, -0.2) is 18.3 Å². The Morgan fingerprint density at radius 3 is 2.20 bits per heavy atom. The molecule has 0 saturated carbocycles. The van der Waals surface area contributed by atoms with Crippen LogP contribution in [0.1, 0.15) is 12.8 Å². The van der Waals surface area contributed by atoms with Gasteiger partial charge in [-0.1, -0.05) is 0 Å². The number of hydrogen-bond donors (Lipinski definition) is 1. The molecule has 5 nitrogen and oxygen atoms in total. The topological polar surface area (TPSA) is 64.9 Å². The molecule has 0 radical (unpaired) electrons. The van der Waals surface area contributed by atoms with E-state index in [4.69, 9.17) is 0 Å². The Morgan fingerprint density at radius 2 is 1.80 bits per heavy atom. The van der Waals surface area contributed by atoms with Crippen LogP contribution in [0, 0.1) is 0 Å². The fraction of sp³-hybridized carbons (Fsp3) is 0.400. The minimum absolute atomic E-state index is 0.0937. The van der Waals surface area contributed by atoms with Crippen molar-refractivity contribution in [3.63, 3.8) is 0 Å². The predicted octanol–water partition coefficient (Wildman–Crippen LogP) is -2.19. The summed E-state index contributed by atoms with van der Waals surface area (Å²) in [5, 5.41) is -0.310. The van der Waals surface area contributed by atoms with Gasteiger partial charge in [-0.2, -0.15) is 0 Å². The van der Waals surface area contributed by atoms with Gasteiger partial charge in [-0.15, -0.1) is 0 Å². The lowest BCUT2D eigenvalue weighted by atomic mass is 10.4. The van der Waals surface area contributed by atoms with E-state index in [0.29, 0.717) is 0 Å². The van der Waals surface area contributed by atoms with Crippen molar-refractivity contribution in [1.82, 2.24) is 0 Å². The van der Waals surface area contributed by atoms with E-state index < -0.39 is 0 Å². The molecule has 10 heavy (non-hydrogen) atoms. The molecule has 0 spiro atoms. The maximum Gasteiger partial charge on any atom is 0.361 e. The summed E-state index contributed by atoms with van der Waals surface area (Å²) >= 11 is 0. The molecule has 5 heteroatoms. The fourth-order valence-electron chi connectivity index (χ4n) is 0.789. The van der Waals surface area contributed by atoms with Crippen molar-refractivity contribution in [2.24, 2.45) is 0 Å². The van der Waals surface area contributed by atoms with Crippen LogP contribution in [0.2, 0.25) is 0 Å². The highest BCUT2D eigenvalue weighted by molar-refractivity contribution is 5.87. The molecular formula is C5H6NO4+. The van der Waals surface area contributed by atoms with E-state index in [1.165, 1.54) is 0 Å². The number of amides is 2. The molecule has 1 N–H and O–H groups in total. The Kier molecular flexibility index (Phi) is 1.77. The SMILES string of the molecule is O=CO[NH+]1C(=O)CCC1=O. The van der Waals surface area contributed by atoms with Crippen molar-refractivity contribution in [2.45, 2.75) is 12.8 Å². The van der Waals surface area contributed by atoms with Crippen molar-refractivity contribution in [1.29, 1.82) is 0 Å². The second-order valence-electron chi connectivity index (χ2n) is 1.89. The van der Waals surface area contributed by atoms with E-state index >= 15 is 0 Å². The van der Waals surface area contributed by atoms with Gasteiger partial charge < -0.3 is 0 Å². The van der Waals surface area contributed by atoms with E-state index in [9.17, 15) is 14.4 Å². The van der Waals surface area contributed by atoms with Crippen LogP contribution in [-0.2, 0) is 19.2 Å². The Morgan fingerprint density at radius 1 is 1.30 bits per heavy atom. The highest BCUT2D eigenvalue weighted by Gasteiger charge is 2.38. The summed E-state index contributed by atoms with van der Waals surface area (Å²) in [6, 6.07) is 0. The van der Waals surface area contributed by atoms with Crippen LogP contribution in [0.5, 0.6) is 0 Å². The van der Waals surface area contributed by atoms with Crippen LogP contribution in [0.3, 0.4) is 0 Å². The molecule has 0 bridgehead atoms. The fourth-order valence-corrected chi connectivity index (χ4v) is 0.789. The summed E-state index contributed by atoms with van der Waals surface area (Å²) in [4.78, 5) is 35.1. The number of carbonyl (C=O) groups excluding carboxylic acids is 3. The van der Waals surface area contributed by atoms with Crippen molar-refractivity contribution in [3.05, 3.63) is 0 Å². The number of imide groups is 1. The lowest BCUT2D eigenvalue weighted by Crippen LogP contribution is -3.13. The lowest BCUT2D eigenvalue weighted by Gasteiger charge is -1.98. The zero-order valence-electron chi connectivity index (χ0n) is 5.12. The van der Waals surface area contributed by atoms with Crippen molar-refractivity contribution in [3.8, 4) is 0 Å². The third-order valence-electron chi connectivity index (χ3n) is 1.25. The third-order valence-corrected chi connectivity index (χ3v) is 1.25. The van der Waals surface area contributed by atoms with E-state index in [-0.39, 0.29) is 36.2 Å². The van der Waals surface area contributed by atoms with Gasteiger partial charge in [-0.25, -0.2) is 14.4 Å². The molecule has 1 aliphatic heterocycles. The van der Waals surface area contributed by atoms with Crippen molar-refractivity contribution in [2.75, 3.05) is 0 Å². The molecule has 2 amide bonds. The van der Waals surface area contributed by atoms with E-state index in [1.54, 1.807) is 0 Å². The molecule has 0 aliphatic carbocycles. The van der Waals surface area contributed by atoms with Gasteiger partial charge in [-0.05, 0) is 5.06 Å². The molecular weight excluding hydrogens is 138 g/mol. The van der Waals surface area contributed by atoms with E-state index in [1.807, 2.05) is 0 Å². The molecule has 0 aromatic carbocycles. The van der Waals surface area contributed by atoms with Gasteiger partial charge in [0, 0.05) is 0 Å². The highest BCUT2D eigenvalue weighted by atomic mass is 16.7. The molecule has 1 aliphatic rings. The Balaban J connectivity index is 2.62. The molecule has 1 saturated heterocycles. The predicted molar refractivity (Wildman–Crippen MR) is 27.4 cm³/mol.